The number of pyridine rings is 1. The summed E-state index contributed by atoms with van der Waals surface area (Å²) in [6, 6.07) is 11.3. The van der Waals surface area contributed by atoms with Crippen molar-refractivity contribution in [3.8, 4) is 0 Å². The van der Waals surface area contributed by atoms with Crippen molar-refractivity contribution in [3.05, 3.63) is 65.7 Å². The molecule has 1 aliphatic heterocycles. The molecule has 0 unspecified atom stereocenters. The molecule has 2 atom stereocenters. The van der Waals surface area contributed by atoms with E-state index in [2.05, 4.69) is 10.3 Å². The van der Waals surface area contributed by atoms with Gasteiger partial charge in [-0.2, -0.15) is 0 Å². The van der Waals surface area contributed by atoms with Crippen LogP contribution in [-0.4, -0.2) is 28.2 Å². The number of nitrogens with zero attached hydrogens (tertiary/aromatic N) is 2. The second-order valence-electron chi connectivity index (χ2n) is 6.28. The lowest BCUT2D eigenvalue weighted by Gasteiger charge is -2.18. The minimum atomic E-state index is -0.376. The molecule has 25 heavy (non-hydrogen) atoms. The van der Waals surface area contributed by atoms with Gasteiger partial charge in [-0.05, 0) is 36.8 Å². The Labute approximate surface area is 145 Å². The fourth-order valence-corrected chi connectivity index (χ4v) is 2.95. The summed E-state index contributed by atoms with van der Waals surface area (Å²) in [7, 11) is 0. The molecule has 1 N–H and O–H groups in total. The number of benzene rings is 1. The van der Waals surface area contributed by atoms with Gasteiger partial charge in [0.2, 0.25) is 11.8 Å². The van der Waals surface area contributed by atoms with Crippen LogP contribution >= 0.6 is 0 Å². The SMILES string of the molecule is C[C@H](NC(=O)[C@H]1CC(=O)N(Cc2ccccn2)C1)c1ccc(F)cc1. The van der Waals surface area contributed by atoms with Crippen LogP contribution in [0.2, 0.25) is 0 Å². The largest absolute Gasteiger partial charge is 0.349 e. The molecule has 0 radical (unpaired) electrons. The molecule has 1 aromatic carbocycles. The Morgan fingerprint density at radius 3 is 2.76 bits per heavy atom. The summed E-state index contributed by atoms with van der Waals surface area (Å²) in [6.07, 6.45) is 1.89. The predicted octanol–water partition coefficient (Wildman–Crippen LogP) is 2.45. The predicted molar refractivity (Wildman–Crippen MR) is 90.7 cm³/mol. The van der Waals surface area contributed by atoms with Gasteiger partial charge < -0.3 is 10.2 Å². The second kappa shape index (κ2) is 7.42. The van der Waals surface area contributed by atoms with Crippen LogP contribution in [0.1, 0.15) is 30.6 Å². The minimum absolute atomic E-state index is 0.0414. The number of rotatable bonds is 5. The maximum atomic E-state index is 13.0. The van der Waals surface area contributed by atoms with Gasteiger partial charge in [0.15, 0.2) is 0 Å². The van der Waals surface area contributed by atoms with E-state index in [0.717, 1.165) is 11.3 Å². The Kier molecular flexibility index (Phi) is 5.07. The van der Waals surface area contributed by atoms with Gasteiger partial charge in [-0.1, -0.05) is 18.2 Å². The first-order valence-electron chi connectivity index (χ1n) is 8.26. The Hall–Kier alpha value is -2.76. The molecule has 1 aliphatic rings. The van der Waals surface area contributed by atoms with Crippen molar-refractivity contribution in [1.82, 2.24) is 15.2 Å². The molecule has 0 spiro atoms. The van der Waals surface area contributed by atoms with Gasteiger partial charge in [0.05, 0.1) is 24.2 Å². The fourth-order valence-electron chi connectivity index (χ4n) is 2.95. The van der Waals surface area contributed by atoms with E-state index in [9.17, 15) is 14.0 Å². The third kappa shape index (κ3) is 4.21. The van der Waals surface area contributed by atoms with Crippen molar-refractivity contribution < 1.29 is 14.0 Å². The monoisotopic (exact) mass is 341 g/mol. The topological polar surface area (TPSA) is 62.3 Å². The van der Waals surface area contributed by atoms with Gasteiger partial charge in [0.1, 0.15) is 5.82 Å². The van der Waals surface area contributed by atoms with Crippen LogP contribution < -0.4 is 5.32 Å². The highest BCUT2D eigenvalue weighted by molar-refractivity contribution is 5.89. The smallest absolute Gasteiger partial charge is 0.225 e. The average molecular weight is 341 g/mol. The zero-order valence-corrected chi connectivity index (χ0v) is 14.0. The van der Waals surface area contributed by atoms with Crippen molar-refractivity contribution in [2.45, 2.75) is 25.9 Å². The van der Waals surface area contributed by atoms with Crippen molar-refractivity contribution in [2.24, 2.45) is 5.92 Å². The van der Waals surface area contributed by atoms with Gasteiger partial charge in [0, 0.05) is 19.2 Å². The number of carbonyl (C=O) groups is 2. The normalized spacial score (nSPS) is 18.2. The Morgan fingerprint density at radius 1 is 1.32 bits per heavy atom. The highest BCUT2D eigenvalue weighted by atomic mass is 19.1. The maximum Gasteiger partial charge on any atom is 0.225 e. The molecule has 0 bridgehead atoms. The first kappa shape index (κ1) is 17.1. The van der Waals surface area contributed by atoms with Crippen molar-refractivity contribution in [3.63, 3.8) is 0 Å². The Balaban J connectivity index is 1.58. The zero-order chi connectivity index (χ0) is 17.8. The zero-order valence-electron chi connectivity index (χ0n) is 14.0. The molecule has 2 amide bonds. The summed E-state index contributed by atoms with van der Waals surface area (Å²) < 4.78 is 13.0. The number of hydrogen-bond acceptors (Lipinski definition) is 3. The van der Waals surface area contributed by atoms with E-state index in [0.29, 0.717) is 13.1 Å². The molecule has 3 rings (SSSR count). The average Bonchev–Trinajstić information content (AvgIpc) is 2.97. The van der Waals surface area contributed by atoms with E-state index in [4.69, 9.17) is 0 Å². The van der Waals surface area contributed by atoms with E-state index < -0.39 is 0 Å². The summed E-state index contributed by atoms with van der Waals surface area (Å²) in [5.41, 5.74) is 1.63. The molecule has 1 saturated heterocycles. The molecular weight excluding hydrogens is 321 g/mol. The van der Waals surface area contributed by atoms with Crippen LogP contribution in [-0.2, 0) is 16.1 Å². The van der Waals surface area contributed by atoms with Crippen molar-refractivity contribution in [1.29, 1.82) is 0 Å². The van der Waals surface area contributed by atoms with Gasteiger partial charge in [-0.15, -0.1) is 0 Å². The third-order valence-corrected chi connectivity index (χ3v) is 4.39. The molecule has 5 nitrogen and oxygen atoms in total. The maximum absolute atomic E-state index is 13.0. The Bertz CT molecular complexity index is 749. The lowest BCUT2D eigenvalue weighted by atomic mass is 10.0. The number of carbonyl (C=O) groups excluding carboxylic acids is 2. The first-order chi connectivity index (χ1) is 12.0. The van der Waals surface area contributed by atoms with Crippen LogP contribution in [0.25, 0.3) is 0 Å². The Morgan fingerprint density at radius 2 is 2.08 bits per heavy atom. The highest BCUT2D eigenvalue weighted by Gasteiger charge is 2.34. The second-order valence-corrected chi connectivity index (χ2v) is 6.28. The molecule has 1 fully saturated rings. The summed E-state index contributed by atoms with van der Waals surface area (Å²) in [5.74, 6) is -0.887. The summed E-state index contributed by atoms with van der Waals surface area (Å²) in [4.78, 5) is 30.5. The number of halogens is 1. The standard InChI is InChI=1S/C19H20FN3O2/c1-13(14-5-7-16(20)8-6-14)22-19(25)15-10-18(24)23(11-15)12-17-4-2-3-9-21-17/h2-9,13,15H,10-12H2,1H3,(H,22,25)/t13-,15-/m0/s1. The summed E-state index contributed by atoms with van der Waals surface area (Å²) in [6.45, 7) is 2.64. The summed E-state index contributed by atoms with van der Waals surface area (Å²) in [5, 5.41) is 2.91. The molecule has 0 saturated carbocycles. The van der Waals surface area contributed by atoms with Crippen LogP contribution in [0.4, 0.5) is 4.39 Å². The van der Waals surface area contributed by atoms with Gasteiger partial charge >= 0.3 is 0 Å². The number of hydrogen-bond donors (Lipinski definition) is 1. The summed E-state index contributed by atoms with van der Waals surface area (Å²) >= 11 is 0. The quantitative estimate of drug-likeness (QED) is 0.909. The molecule has 6 heteroatoms. The van der Waals surface area contributed by atoms with Crippen molar-refractivity contribution in [2.75, 3.05) is 6.54 Å². The molecule has 1 aromatic heterocycles. The molecule has 2 aromatic rings. The van der Waals surface area contributed by atoms with Gasteiger partial charge in [-0.3, -0.25) is 14.6 Å². The fraction of sp³-hybridized carbons (Fsp3) is 0.316. The van der Waals surface area contributed by atoms with E-state index in [1.54, 1.807) is 23.2 Å². The van der Waals surface area contributed by atoms with Crippen LogP contribution in [0.5, 0.6) is 0 Å². The van der Waals surface area contributed by atoms with E-state index in [-0.39, 0.29) is 36.0 Å². The molecule has 0 aliphatic carbocycles. The number of aromatic nitrogens is 1. The molecule has 130 valence electrons. The van der Waals surface area contributed by atoms with Gasteiger partial charge in [0.25, 0.3) is 0 Å². The van der Waals surface area contributed by atoms with E-state index >= 15 is 0 Å². The van der Waals surface area contributed by atoms with Crippen molar-refractivity contribution >= 4 is 11.8 Å². The third-order valence-electron chi connectivity index (χ3n) is 4.39. The lowest BCUT2D eigenvalue weighted by molar-refractivity contribution is -0.129. The first-order valence-corrected chi connectivity index (χ1v) is 8.26. The minimum Gasteiger partial charge on any atom is -0.349 e. The van der Waals surface area contributed by atoms with Crippen LogP contribution in [0.15, 0.2) is 48.7 Å². The van der Waals surface area contributed by atoms with E-state index in [1.807, 2.05) is 25.1 Å². The number of likely N-dealkylation sites (tertiary alicyclic amines) is 1. The number of nitrogens with one attached hydrogen (secondary N) is 1. The lowest BCUT2D eigenvalue weighted by Crippen LogP contribution is -2.34. The van der Waals surface area contributed by atoms with E-state index in [1.165, 1.54) is 12.1 Å². The van der Waals surface area contributed by atoms with Crippen LogP contribution in [0, 0.1) is 11.7 Å². The number of amides is 2. The van der Waals surface area contributed by atoms with Gasteiger partial charge in [-0.25, -0.2) is 4.39 Å². The molecular formula is C19H20FN3O2. The highest BCUT2D eigenvalue weighted by Crippen LogP contribution is 2.21. The molecule has 2 heterocycles. The van der Waals surface area contributed by atoms with Crippen LogP contribution in [0.3, 0.4) is 0 Å².